The van der Waals surface area contributed by atoms with Crippen LogP contribution in [0.2, 0.25) is 0 Å². The second-order valence-electron chi connectivity index (χ2n) is 6.64. The van der Waals surface area contributed by atoms with Crippen molar-refractivity contribution in [2.75, 3.05) is 0 Å². The van der Waals surface area contributed by atoms with Crippen LogP contribution < -0.4 is 5.32 Å². The fraction of sp³-hybridized carbons (Fsp3) is 0.421. The van der Waals surface area contributed by atoms with E-state index in [0.29, 0.717) is 0 Å². The molecule has 2 aromatic carbocycles. The lowest BCUT2D eigenvalue weighted by Crippen LogP contribution is -2.39. The number of fused-ring (bicyclic) bond motifs is 1. The molecule has 0 heterocycles. The van der Waals surface area contributed by atoms with Crippen molar-refractivity contribution in [3.63, 3.8) is 0 Å². The lowest BCUT2D eigenvalue weighted by Gasteiger charge is -2.23. The Kier molecular flexibility index (Phi) is 5.07. The zero-order valence-electron chi connectivity index (χ0n) is 13.8. The predicted octanol–water partition coefficient (Wildman–Crippen LogP) is 4.69. The number of amides is 1. The molecule has 0 fully saturated rings. The molecule has 0 aliphatic carbocycles. The summed E-state index contributed by atoms with van der Waals surface area (Å²) in [6, 6.07) is 14.8. The molecule has 1 N–H and O–H groups in total. The van der Waals surface area contributed by atoms with Gasteiger partial charge >= 0.3 is 6.09 Å². The molecule has 3 nitrogen and oxygen atoms in total. The Labute approximate surface area is 132 Å². The lowest BCUT2D eigenvalue weighted by molar-refractivity contribution is 0.0503. The van der Waals surface area contributed by atoms with E-state index in [9.17, 15) is 4.79 Å². The SMILES string of the molecule is CC[C@H](Cc1ccc2ccccc2c1)NC(=O)OC(C)(C)C. The van der Waals surface area contributed by atoms with Crippen LogP contribution in [0.15, 0.2) is 42.5 Å². The van der Waals surface area contributed by atoms with Gasteiger partial charge in [0.05, 0.1) is 0 Å². The topological polar surface area (TPSA) is 38.3 Å². The molecule has 3 heteroatoms. The van der Waals surface area contributed by atoms with Crippen LogP contribution in [0.5, 0.6) is 0 Å². The first-order valence-corrected chi connectivity index (χ1v) is 7.84. The first kappa shape index (κ1) is 16.3. The number of carbonyl (C=O) groups excluding carboxylic acids is 1. The highest BCUT2D eigenvalue weighted by Crippen LogP contribution is 2.17. The van der Waals surface area contributed by atoms with E-state index >= 15 is 0 Å². The molecule has 0 unspecified atom stereocenters. The highest BCUT2D eigenvalue weighted by atomic mass is 16.6. The molecule has 0 aliphatic heterocycles. The summed E-state index contributed by atoms with van der Waals surface area (Å²) in [6.07, 6.45) is 1.33. The lowest BCUT2D eigenvalue weighted by atomic mass is 10.0. The van der Waals surface area contributed by atoms with Gasteiger partial charge in [-0.2, -0.15) is 0 Å². The van der Waals surface area contributed by atoms with E-state index in [1.165, 1.54) is 16.3 Å². The number of nitrogens with one attached hydrogen (secondary N) is 1. The van der Waals surface area contributed by atoms with Crippen molar-refractivity contribution in [3.8, 4) is 0 Å². The van der Waals surface area contributed by atoms with Gasteiger partial charge in [-0.1, -0.05) is 49.4 Å². The van der Waals surface area contributed by atoms with Gasteiger partial charge in [-0.15, -0.1) is 0 Å². The number of hydrogen-bond acceptors (Lipinski definition) is 2. The second-order valence-corrected chi connectivity index (χ2v) is 6.64. The van der Waals surface area contributed by atoms with Gasteiger partial charge in [0.25, 0.3) is 0 Å². The smallest absolute Gasteiger partial charge is 0.407 e. The first-order valence-electron chi connectivity index (χ1n) is 7.84. The maximum absolute atomic E-state index is 11.9. The van der Waals surface area contributed by atoms with Crippen molar-refractivity contribution < 1.29 is 9.53 Å². The molecular weight excluding hydrogens is 274 g/mol. The fourth-order valence-electron chi connectivity index (χ4n) is 2.42. The number of carbonyl (C=O) groups is 1. The first-order chi connectivity index (χ1) is 10.4. The van der Waals surface area contributed by atoms with Gasteiger partial charge in [-0.05, 0) is 49.9 Å². The van der Waals surface area contributed by atoms with Crippen LogP contribution in [0.3, 0.4) is 0 Å². The molecule has 0 aliphatic rings. The number of rotatable bonds is 4. The Bertz CT molecular complexity index is 643. The molecule has 0 bridgehead atoms. The normalized spacial score (nSPS) is 12.9. The maximum Gasteiger partial charge on any atom is 0.407 e. The van der Waals surface area contributed by atoms with E-state index in [2.05, 4.69) is 42.6 Å². The van der Waals surface area contributed by atoms with E-state index in [-0.39, 0.29) is 12.1 Å². The summed E-state index contributed by atoms with van der Waals surface area (Å²) in [6.45, 7) is 7.69. The maximum atomic E-state index is 11.9. The van der Waals surface area contributed by atoms with Crippen LogP contribution in [0.4, 0.5) is 4.79 Å². The van der Waals surface area contributed by atoms with Crippen LogP contribution in [-0.4, -0.2) is 17.7 Å². The van der Waals surface area contributed by atoms with Crippen LogP contribution in [0, 0.1) is 0 Å². The van der Waals surface area contributed by atoms with Gasteiger partial charge in [-0.3, -0.25) is 0 Å². The quantitative estimate of drug-likeness (QED) is 0.889. The molecule has 22 heavy (non-hydrogen) atoms. The van der Waals surface area contributed by atoms with Gasteiger partial charge < -0.3 is 10.1 Å². The van der Waals surface area contributed by atoms with E-state index in [4.69, 9.17) is 4.74 Å². The summed E-state index contributed by atoms with van der Waals surface area (Å²) in [5.41, 5.74) is 0.757. The van der Waals surface area contributed by atoms with Crippen molar-refractivity contribution in [2.24, 2.45) is 0 Å². The second kappa shape index (κ2) is 6.82. The molecule has 1 atom stereocenters. The Balaban J connectivity index is 2.03. The van der Waals surface area contributed by atoms with Crippen molar-refractivity contribution >= 4 is 16.9 Å². The number of alkyl carbamates (subject to hydrolysis) is 1. The van der Waals surface area contributed by atoms with Gasteiger partial charge in [0, 0.05) is 6.04 Å². The minimum absolute atomic E-state index is 0.0796. The van der Waals surface area contributed by atoms with E-state index in [1.54, 1.807) is 0 Å². The molecule has 0 aromatic heterocycles. The fourth-order valence-corrected chi connectivity index (χ4v) is 2.42. The summed E-state index contributed by atoms with van der Waals surface area (Å²) in [7, 11) is 0. The largest absolute Gasteiger partial charge is 0.444 e. The van der Waals surface area contributed by atoms with Crippen molar-refractivity contribution in [2.45, 2.75) is 52.2 Å². The Morgan fingerprint density at radius 2 is 1.82 bits per heavy atom. The molecular formula is C19H25NO2. The third-order valence-electron chi connectivity index (χ3n) is 3.51. The zero-order valence-corrected chi connectivity index (χ0v) is 13.8. The Hall–Kier alpha value is -2.03. The minimum atomic E-state index is -0.467. The van der Waals surface area contributed by atoms with Crippen molar-refractivity contribution in [1.82, 2.24) is 5.32 Å². The Morgan fingerprint density at radius 3 is 2.45 bits per heavy atom. The molecule has 118 valence electrons. The average Bonchev–Trinajstić information content (AvgIpc) is 2.44. The Morgan fingerprint density at radius 1 is 1.14 bits per heavy atom. The van der Waals surface area contributed by atoms with Crippen molar-refractivity contribution in [3.05, 3.63) is 48.0 Å². The van der Waals surface area contributed by atoms with Gasteiger partial charge in [-0.25, -0.2) is 4.79 Å². The summed E-state index contributed by atoms with van der Waals surface area (Å²) in [5, 5.41) is 5.42. The van der Waals surface area contributed by atoms with E-state index in [1.807, 2.05) is 32.9 Å². The monoisotopic (exact) mass is 299 g/mol. The van der Waals surface area contributed by atoms with E-state index in [0.717, 1.165) is 12.8 Å². The summed E-state index contributed by atoms with van der Waals surface area (Å²) in [4.78, 5) is 11.9. The molecule has 0 spiro atoms. The summed E-state index contributed by atoms with van der Waals surface area (Å²) < 4.78 is 5.33. The van der Waals surface area contributed by atoms with Gasteiger partial charge in [0.2, 0.25) is 0 Å². The van der Waals surface area contributed by atoms with Crippen LogP contribution in [0.1, 0.15) is 39.7 Å². The van der Waals surface area contributed by atoms with Crippen LogP contribution >= 0.6 is 0 Å². The van der Waals surface area contributed by atoms with Gasteiger partial charge in [0.15, 0.2) is 0 Å². The molecule has 2 aromatic rings. The summed E-state index contributed by atoms with van der Waals surface area (Å²) in [5.74, 6) is 0. The van der Waals surface area contributed by atoms with E-state index < -0.39 is 5.60 Å². The van der Waals surface area contributed by atoms with Crippen LogP contribution in [0.25, 0.3) is 10.8 Å². The summed E-state index contributed by atoms with van der Waals surface area (Å²) >= 11 is 0. The van der Waals surface area contributed by atoms with Crippen molar-refractivity contribution in [1.29, 1.82) is 0 Å². The third-order valence-corrected chi connectivity index (χ3v) is 3.51. The highest BCUT2D eigenvalue weighted by molar-refractivity contribution is 5.83. The van der Waals surface area contributed by atoms with Gasteiger partial charge in [0.1, 0.15) is 5.60 Å². The molecule has 2 rings (SSSR count). The minimum Gasteiger partial charge on any atom is -0.444 e. The average molecular weight is 299 g/mol. The highest BCUT2D eigenvalue weighted by Gasteiger charge is 2.18. The zero-order chi connectivity index (χ0) is 16.2. The molecule has 1 amide bonds. The number of benzene rings is 2. The van der Waals surface area contributed by atoms with Crippen LogP contribution in [-0.2, 0) is 11.2 Å². The number of hydrogen-bond donors (Lipinski definition) is 1. The molecule has 0 saturated heterocycles. The predicted molar refractivity (Wildman–Crippen MR) is 91.1 cm³/mol. The number of ether oxygens (including phenoxy) is 1. The molecule has 0 radical (unpaired) electrons. The standard InChI is InChI=1S/C19H25NO2/c1-5-17(20-18(21)22-19(2,3)4)13-14-10-11-15-8-6-7-9-16(15)12-14/h6-12,17H,5,13H2,1-4H3,(H,20,21)/t17-/m1/s1. The third kappa shape index (κ3) is 4.76. The molecule has 0 saturated carbocycles.